The molecule has 1 aromatic rings. The zero-order valence-electron chi connectivity index (χ0n) is 7.21. The van der Waals surface area contributed by atoms with Crippen molar-refractivity contribution in [2.75, 3.05) is 0 Å². The first-order valence-corrected chi connectivity index (χ1v) is 4.06. The van der Waals surface area contributed by atoms with Gasteiger partial charge in [-0.3, -0.25) is 9.59 Å². The summed E-state index contributed by atoms with van der Waals surface area (Å²) in [6.07, 6.45) is 0. The van der Waals surface area contributed by atoms with E-state index < -0.39 is 17.0 Å². The van der Waals surface area contributed by atoms with Crippen molar-refractivity contribution in [2.24, 2.45) is 0 Å². The van der Waals surface area contributed by atoms with Gasteiger partial charge in [0.1, 0.15) is 0 Å². The second-order valence-electron chi connectivity index (χ2n) is 2.51. The van der Waals surface area contributed by atoms with Gasteiger partial charge in [0.05, 0.1) is 0 Å². The minimum Gasteiger partial charge on any atom is -0.424 e. The lowest BCUT2D eigenvalue weighted by atomic mass is 10.2. The predicted molar refractivity (Wildman–Crippen MR) is 47.9 cm³/mol. The van der Waals surface area contributed by atoms with E-state index in [2.05, 4.69) is 4.74 Å². The van der Waals surface area contributed by atoms with E-state index in [1.54, 1.807) is 0 Å². The highest BCUT2D eigenvalue weighted by molar-refractivity contribution is 6.67. The van der Waals surface area contributed by atoms with Gasteiger partial charge in [-0.25, -0.2) is 4.39 Å². The summed E-state index contributed by atoms with van der Waals surface area (Å²) in [6.45, 7) is 1.15. The lowest BCUT2D eigenvalue weighted by Gasteiger charge is -2.02. The van der Waals surface area contributed by atoms with Gasteiger partial charge >= 0.3 is 5.97 Å². The van der Waals surface area contributed by atoms with Crippen LogP contribution in [0.25, 0.3) is 0 Å². The van der Waals surface area contributed by atoms with Crippen LogP contribution in [0.1, 0.15) is 17.3 Å². The first-order chi connectivity index (χ1) is 6.50. The fourth-order valence-electron chi connectivity index (χ4n) is 0.861. The number of rotatable bonds is 2. The molecule has 0 spiro atoms. The third kappa shape index (κ3) is 2.53. The molecule has 0 fully saturated rings. The summed E-state index contributed by atoms with van der Waals surface area (Å²) in [7, 11) is 0. The number of hydrogen-bond donors (Lipinski definition) is 0. The highest BCUT2D eigenvalue weighted by Crippen LogP contribution is 2.19. The van der Waals surface area contributed by atoms with Crippen LogP contribution in [0, 0.1) is 5.82 Å². The molecule has 0 saturated heterocycles. The number of carbonyl (C=O) groups is 2. The fraction of sp³-hybridized carbons (Fsp3) is 0.111. The summed E-state index contributed by atoms with van der Waals surface area (Å²) in [6, 6.07) is 3.36. The molecular formula is C9H6ClFO3. The van der Waals surface area contributed by atoms with Gasteiger partial charge in [0.15, 0.2) is 11.6 Å². The number of carbonyl (C=O) groups excluding carboxylic acids is 2. The summed E-state index contributed by atoms with van der Waals surface area (Å²) >= 11 is 5.12. The maximum Gasteiger partial charge on any atom is 0.308 e. The number of hydrogen-bond acceptors (Lipinski definition) is 3. The summed E-state index contributed by atoms with van der Waals surface area (Å²) < 4.78 is 17.6. The highest BCUT2D eigenvalue weighted by Gasteiger charge is 2.09. The van der Waals surface area contributed by atoms with Crippen molar-refractivity contribution >= 4 is 22.8 Å². The molecule has 1 rings (SSSR count). The second-order valence-corrected chi connectivity index (χ2v) is 2.86. The van der Waals surface area contributed by atoms with Crippen LogP contribution in [0.2, 0.25) is 0 Å². The molecule has 0 amide bonds. The highest BCUT2D eigenvalue weighted by atomic mass is 35.5. The quantitative estimate of drug-likeness (QED) is 0.432. The SMILES string of the molecule is CC(=O)Oc1ccc(C(=O)Cl)cc1F. The summed E-state index contributed by atoms with van der Waals surface area (Å²) in [5.74, 6) is -1.65. The van der Waals surface area contributed by atoms with E-state index in [1.165, 1.54) is 12.1 Å². The van der Waals surface area contributed by atoms with E-state index in [1.807, 2.05) is 0 Å². The smallest absolute Gasteiger partial charge is 0.308 e. The molecule has 1 aromatic carbocycles. The lowest BCUT2D eigenvalue weighted by molar-refractivity contribution is -0.132. The maximum atomic E-state index is 13.1. The van der Waals surface area contributed by atoms with Crippen molar-refractivity contribution in [2.45, 2.75) is 6.92 Å². The normalized spacial score (nSPS) is 9.64. The number of esters is 1. The molecule has 0 aliphatic carbocycles. The van der Waals surface area contributed by atoms with Gasteiger partial charge in [-0.05, 0) is 29.8 Å². The Labute approximate surface area is 84.4 Å². The van der Waals surface area contributed by atoms with Crippen LogP contribution in [0.4, 0.5) is 4.39 Å². The maximum absolute atomic E-state index is 13.1. The molecule has 74 valence electrons. The summed E-state index contributed by atoms with van der Waals surface area (Å²) in [5, 5.41) is -0.765. The third-order valence-electron chi connectivity index (χ3n) is 1.41. The third-order valence-corrected chi connectivity index (χ3v) is 1.63. The Morgan fingerprint density at radius 3 is 2.50 bits per heavy atom. The molecule has 0 aromatic heterocycles. The molecule has 0 aliphatic heterocycles. The summed E-state index contributed by atoms with van der Waals surface area (Å²) in [5.41, 5.74) is 0.0140. The van der Waals surface area contributed by atoms with Crippen LogP contribution >= 0.6 is 11.6 Å². The molecule has 0 heterocycles. The Hall–Kier alpha value is -1.42. The Morgan fingerprint density at radius 2 is 2.07 bits per heavy atom. The van der Waals surface area contributed by atoms with Gasteiger partial charge in [-0.2, -0.15) is 0 Å². The minimum absolute atomic E-state index is 0.0140. The van der Waals surface area contributed by atoms with Crippen LogP contribution in [0.15, 0.2) is 18.2 Å². The van der Waals surface area contributed by atoms with E-state index in [0.29, 0.717) is 0 Å². The van der Waals surface area contributed by atoms with Crippen LogP contribution in [-0.2, 0) is 4.79 Å². The Balaban J connectivity index is 3.01. The molecule has 5 heteroatoms. The topological polar surface area (TPSA) is 43.4 Å². The first-order valence-electron chi connectivity index (χ1n) is 3.68. The molecule has 0 bridgehead atoms. The minimum atomic E-state index is -0.799. The van der Waals surface area contributed by atoms with Crippen molar-refractivity contribution in [1.29, 1.82) is 0 Å². The zero-order chi connectivity index (χ0) is 10.7. The largest absolute Gasteiger partial charge is 0.424 e. The molecule has 0 unspecified atom stereocenters. The van der Waals surface area contributed by atoms with E-state index in [4.69, 9.17) is 11.6 Å². The van der Waals surface area contributed by atoms with Crippen molar-refractivity contribution in [3.8, 4) is 5.75 Å². The van der Waals surface area contributed by atoms with Gasteiger partial charge in [-0.15, -0.1) is 0 Å². The van der Waals surface area contributed by atoms with Gasteiger partial charge < -0.3 is 4.74 Å². The van der Waals surface area contributed by atoms with Gasteiger partial charge in [0, 0.05) is 12.5 Å². The molecule has 0 atom stereocenters. The van der Waals surface area contributed by atoms with E-state index >= 15 is 0 Å². The average Bonchev–Trinajstić information content (AvgIpc) is 2.07. The van der Waals surface area contributed by atoms with Crippen molar-refractivity contribution in [3.63, 3.8) is 0 Å². The Morgan fingerprint density at radius 1 is 1.43 bits per heavy atom. The number of halogens is 2. The fourth-order valence-corrected chi connectivity index (χ4v) is 0.978. The standard InChI is InChI=1S/C9H6ClFO3/c1-5(12)14-8-3-2-6(9(10)13)4-7(8)11/h2-4H,1H3. The average molecular weight is 217 g/mol. The zero-order valence-corrected chi connectivity index (χ0v) is 7.97. The molecule has 3 nitrogen and oxygen atoms in total. The van der Waals surface area contributed by atoms with Crippen LogP contribution in [0.5, 0.6) is 5.75 Å². The van der Waals surface area contributed by atoms with E-state index in [0.717, 1.165) is 13.0 Å². The van der Waals surface area contributed by atoms with Gasteiger partial charge in [-0.1, -0.05) is 0 Å². The molecule has 0 N–H and O–H groups in total. The van der Waals surface area contributed by atoms with Gasteiger partial charge in [0.2, 0.25) is 0 Å². The van der Waals surface area contributed by atoms with Crippen LogP contribution in [0.3, 0.4) is 0 Å². The van der Waals surface area contributed by atoms with Crippen molar-refractivity contribution in [1.82, 2.24) is 0 Å². The van der Waals surface area contributed by atoms with E-state index in [9.17, 15) is 14.0 Å². The Bertz CT molecular complexity index is 390. The van der Waals surface area contributed by atoms with Crippen LogP contribution in [-0.4, -0.2) is 11.2 Å². The van der Waals surface area contributed by atoms with E-state index in [-0.39, 0.29) is 11.3 Å². The molecule has 14 heavy (non-hydrogen) atoms. The molecule has 0 aliphatic rings. The van der Waals surface area contributed by atoms with Crippen molar-refractivity contribution in [3.05, 3.63) is 29.6 Å². The molecule has 0 saturated carbocycles. The lowest BCUT2D eigenvalue weighted by Crippen LogP contribution is -2.03. The molecular weight excluding hydrogens is 211 g/mol. The Kier molecular flexibility index (Phi) is 3.19. The summed E-state index contributed by atoms with van der Waals surface area (Å²) in [4.78, 5) is 21.1. The number of benzene rings is 1. The molecule has 0 radical (unpaired) electrons. The number of ether oxygens (including phenoxy) is 1. The van der Waals surface area contributed by atoms with Crippen molar-refractivity contribution < 1.29 is 18.7 Å². The van der Waals surface area contributed by atoms with Gasteiger partial charge in [0.25, 0.3) is 5.24 Å². The second kappa shape index (κ2) is 4.19. The first kappa shape index (κ1) is 10.7. The predicted octanol–water partition coefficient (Wildman–Crippen LogP) is 2.13. The van der Waals surface area contributed by atoms with Crippen LogP contribution < -0.4 is 4.74 Å². The monoisotopic (exact) mass is 216 g/mol.